The Morgan fingerprint density at radius 2 is 1.77 bits per heavy atom. The van der Waals surface area contributed by atoms with Crippen LogP contribution >= 0.6 is 0 Å². The van der Waals surface area contributed by atoms with E-state index in [4.69, 9.17) is 0 Å². The van der Waals surface area contributed by atoms with Gasteiger partial charge in [-0.05, 0) is 42.9 Å². The van der Waals surface area contributed by atoms with Gasteiger partial charge in [-0.3, -0.25) is 0 Å². The molecule has 0 bridgehead atoms. The van der Waals surface area contributed by atoms with E-state index >= 15 is 0 Å². The third kappa shape index (κ3) is 3.22. The molecule has 1 aromatic rings. The van der Waals surface area contributed by atoms with Gasteiger partial charge in [-0.2, -0.15) is 0 Å². The van der Waals surface area contributed by atoms with Crippen molar-refractivity contribution < 1.29 is 0 Å². The Morgan fingerprint density at radius 1 is 1.08 bits per heavy atom. The minimum absolute atomic E-state index is 1.11. The van der Waals surface area contributed by atoms with Crippen LogP contribution in [0.2, 0.25) is 0 Å². The zero-order valence-corrected chi connectivity index (χ0v) is 8.77. The highest BCUT2D eigenvalue weighted by Crippen LogP contribution is 2.12. The van der Waals surface area contributed by atoms with Gasteiger partial charge >= 0.3 is 0 Å². The molecule has 0 amide bonds. The molecule has 0 saturated carbocycles. The van der Waals surface area contributed by atoms with Crippen molar-refractivity contribution in [3.05, 3.63) is 41.8 Å². The van der Waals surface area contributed by atoms with Crippen LogP contribution in [0.3, 0.4) is 0 Å². The first kappa shape index (κ1) is 10.3. The minimum Gasteiger partial charge on any atom is -0.0654 e. The fourth-order valence-corrected chi connectivity index (χ4v) is 1.57. The molecule has 0 N–H and O–H groups in total. The summed E-state index contributed by atoms with van der Waals surface area (Å²) in [5, 5.41) is 0. The molecule has 71 valence electrons. The second-order valence-corrected chi connectivity index (χ2v) is 3.61. The van der Waals surface area contributed by atoms with Gasteiger partial charge in [0.2, 0.25) is 0 Å². The lowest BCUT2D eigenvalue weighted by molar-refractivity contribution is 0.793. The van der Waals surface area contributed by atoms with E-state index in [2.05, 4.69) is 39.0 Å². The highest BCUT2D eigenvalue weighted by atomic mass is 14.0. The zero-order valence-electron chi connectivity index (χ0n) is 8.77. The topological polar surface area (TPSA) is 0 Å². The highest BCUT2D eigenvalue weighted by molar-refractivity contribution is 5.31. The Balaban J connectivity index is 2.76. The Bertz CT molecular complexity index is 261. The molecule has 0 atom stereocenters. The second kappa shape index (κ2) is 5.06. The summed E-state index contributed by atoms with van der Waals surface area (Å²) < 4.78 is 0. The van der Waals surface area contributed by atoms with Crippen LogP contribution in [0.5, 0.6) is 0 Å². The van der Waals surface area contributed by atoms with Crippen molar-refractivity contribution in [3.63, 3.8) is 0 Å². The highest BCUT2D eigenvalue weighted by Gasteiger charge is 1.96. The maximum atomic E-state index is 4.00. The summed E-state index contributed by atoms with van der Waals surface area (Å²) in [6, 6.07) is 6.69. The third-order valence-electron chi connectivity index (χ3n) is 2.34. The lowest BCUT2D eigenvalue weighted by Crippen LogP contribution is -1.89. The first-order chi connectivity index (χ1) is 6.26. The quantitative estimate of drug-likeness (QED) is 0.653. The van der Waals surface area contributed by atoms with E-state index in [9.17, 15) is 0 Å². The molecule has 0 unspecified atom stereocenters. The Morgan fingerprint density at radius 3 is 2.38 bits per heavy atom. The maximum absolute atomic E-state index is 4.00. The van der Waals surface area contributed by atoms with Gasteiger partial charge in [0.1, 0.15) is 0 Å². The van der Waals surface area contributed by atoms with Crippen molar-refractivity contribution >= 4 is 0 Å². The molecular formula is C13H19. The maximum Gasteiger partial charge on any atom is -0.0238 e. The van der Waals surface area contributed by atoms with Gasteiger partial charge in [0.25, 0.3) is 0 Å². The first-order valence-electron chi connectivity index (χ1n) is 5.21. The summed E-state index contributed by atoms with van der Waals surface area (Å²) in [6.07, 6.45) is 4.87. The molecule has 1 aromatic carbocycles. The van der Waals surface area contributed by atoms with Crippen molar-refractivity contribution in [1.29, 1.82) is 0 Å². The second-order valence-electron chi connectivity index (χ2n) is 3.61. The largest absolute Gasteiger partial charge is 0.0654 e. The Labute approximate surface area is 82.0 Å². The standard InChI is InChI=1S/C13H19/c1-4-6-7-13-9-11(3)8-12(5-2)10-13/h8-10H,3-7H2,1-2H3. The van der Waals surface area contributed by atoms with Gasteiger partial charge in [-0.1, -0.05) is 38.5 Å². The van der Waals surface area contributed by atoms with Gasteiger partial charge in [0, 0.05) is 0 Å². The minimum atomic E-state index is 1.11. The summed E-state index contributed by atoms with van der Waals surface area (Å²) in [6.45, 7) is 8.42. The summed E-state index contributed by atoms with van der Waals surface area (Å²) >= 11 is 0. The number of benzene rings is 1. The fraction of sp³-hybridized carbons (Fsp3) is 0.462. The Kier molecular flexibility index (Phi) is 4.01. The Hall–Kier alpha value is -0.780. The van der Waals surface area contributed by atoms with Gasteiger partial charge in [0.05, 0.1) is 0 Å². The molecule has 1 radical (unpaired) electrons. The number of rotatable bonds is 4. The molecule has 0 saturated heterocycles. The molecule has 1 rings (SSSR count). The lowest BCUT2D eigenvalue weighted by atomic mass is 10.0. The molecule has 0 aliphatic carbocycles. The van der Waals surface area contributed by atoms with E-state index in [1.807, 2.05) is 0 Å². The van der Waals surface area contributed by atoms with Crippen LogP contribution < -0.4 is 0 Å². The normalized spacial score (nSPS) is 10.4. The fourth-order valence-electron chi connectivity index (χ4n) is 1.57. The molecule has 0 fully saturated rings. The smallest absolute Gasteiger partial charge is 0.0238 e. The average Bonchev–Trinajstić information content (AvgIpc) is 2.14. The van der Waals surface area contributed by atoms with Gasteiger partial charge in [0.15, 0.2) is 0 Å². The summed E-state index contributed by atoms with van der Waals surface area (Å²) in [7, 11) is 0. The van der Waals surface area contributed by atoms with Crippen LogP contribution in [0, 0.1) is 6.92 Å². The van der Waals surface area contributed by atoms with Gasteiger partial charge < -0.3 is 0 Å². The molecule has 0 heteroatoms. The van der Waals surface area contributed by atoms with Crippen molar-refractivity contribution in [3.8, 4) is 0 Å². The van der Waals surface area contributed by atoms with Crippen LogP contribution in [0.4, 0.5) is 0 Å². The number of unbranched alkanes of at least 4 members (excludes halogenated alkanes) is 1. The summed E-state index contributed by atoms with van der Waals surface area (Å²) in [5.74, 6) is 0. The monoisotopic (exact) mass is 175 g/mol. The molecular weight excluding hydrogens is 156 g/mol. The van der Waals surface area contributed by atoms with E-state index < -0.39 is 0 Å². The third-order valence-corrected chi connectivity index (χ3v) is 2.34. The van der Waals surface area contributed by atoms with E-state index in [1.165, 1.54) is 30.4 Å². The van der Waals surface area contributed by atoms with Crippen LogP contribution in [-0.2, 0) is 12.8 Å². The van der Waals surface area contributed by atoms with E-state index in [-0.39, 0.29) is 0 Å². The number of hydrogen-bond acceptors (Lipinski definition) is 0. The van der Waals surface area contributed by atoms with Crippen molar-refractivity contribution in [2.45, 2.75) is 39.5 Å². The molecule has 13 heavy (non-hydrogen) atoms. The van der Waals surface area contributed by atoms with Crippen LogP contribution in [0.15, 0.2) is 18.2 Å². The van der Waals surface area contributed by atoms with Gasteiger partial charge in [-0.15, -0.1) is 0 Å². The first-order valence-corrected chi connectivity index (χ1v) is 5.21. The summed E-state index contributed by atoms with van der Waals surface area (Å²) in [4.78, 5) is 0. The molecule has 0 aromatic heterocycles. The van der Waals surface area contributed by atoms with Crippen LogP contribution in [0.25, 0.3) is 0 Å². The lowest BCUT2D eigenvalue weighted by Gasteiger charge is -2.05. The van der Waals surface area contributed by atoms with E-state index in [0.717, 1.165) is 12.0 Å². The number of aryl methyl sites for hydroxylation is 2. The molecule has 0 aliphatic rings. The molecule has 0 heterocycles. The molecule has 0 aliphatic heterocycles. The van der Waals surface area contributed by atoms with E-state index in [1.54, 1.807) is 0 Å². The molecule has 0 nitrogen and oxygen atoms in total. The van der Waals surface area contributed by atoms with E-state index in [0.29, 0.717) is 0 Å². The van der Waals surface area contributed by atoms with Crippen molar-refractivity contribution in [1.82, 2.24) is 0 Å². The predicted octanol–water partition coefficient (Wildman–Crippen LogP) is 3.77. The predicted molar refractivity (Wildman–Crippen MR) is 58.9 cm³/mol. The summed E-state index contributed by atoms with van der Waals surface area (Å²) in [5.41, 5.74) is 4.02. The van der Waals surface area contributed by atoms with Crippen LogP contribution in [-0.4, -0.2) is 0 Å². The van der Waals surface area contributed by atoms with Crippen molar-refractivity contribution in [2.24, 2.45) is 0 Å². The zero-order chi connectivity index (χ0) is 9.68. The van der Waals surface area contributed by atoms with Crippen LogP contribution in [0.1, 0.15) is 43.4 Å². The SMILES string of the molecule is [CH2]c1cc(CC)cc(CCCC)c1. The average molecular weight is 175 g/mol. The molecule has 0 spiro atoms. The number of hydrogen-bond donors (Lipinski definition) is 0. The van der Waals surface area contributed by atoms with Crippen molar-refractivity contribution in [2.75, 3.05) is 0 Å². The van der Waals surface area contributed by atoms with Gasteiger partial charge in [-0.25, -0.2) is 0 Å².